The van der Waals surface area contributed by atoms with E-state index in [9.17, 15) is 14.4 Å². The van der Waals surface area contributed by atoms with Crippen LogP contribution in [0.2, 0.25) is 0 Å². The third kappa shape index (κ3) is 4.77. The van der Waals surface area contributed by atoms with Crippen LogP contribution in [0.1, 0.15) is 29.3 Å². The summed E-state index contributed by atoms with van der Waals surface area (Å²) >= 11 is 0. The van der Waals surface area contributed by atoms with Crippen molar-refractivity contribution in [1.29, 1.82) is 0 Å². The molecule has 0 aromatic heterocycles. The fourth-order valence-corrected chi connectivity index (χ4v) is 3.54. The van der Waals surface area contributed by atoms with E-state index in [4.69, 9.17) is 14.2 Å². The van der Waals surface area contributed by atoms with Gasteiger partial charge in [0.05, 0.1) is 32.9 Å². The summed E-state index contributed by atoms with van der Waals surface area (Å²) in [5.74, 6) is -0.480. The van der Waals surface area contributed by atoms with Gasteiger partial charge in [-0.1, -0.05) is 19.1 Å². The monoisotopic (exact) mass is 441 g/mol. The highest BCUT2D eigenvalue weighted by Crippen LogP contribution is 2.42. The van der Waals surface area contributed by atoms with Crippen LogP contribution >= 0.6 is 0 Å². The Morgan fingerprint density at radius 1 is 1.00 bits per heavy atom. The summed E-state index contributed by atoms with van der Waals surface area (Å²) in [4.78, 5) is 38.9. The van der Waals surface area contributed by atoms with Crippen molar-refractivity contribution < 1.29 is 28.6 Å². The number of hydrogen-bond acceptors (Lipinski definition) is 6. The van der Waals surface area contributed by atoms with Gasteiger partial charge in [0.1, 0.15) is 0 Å². The molecule has 2 aromatic carbocycles. The molecule has 9 heteroatoms. The van der Waals surface area contributed by atoms with Crippen molar-refractivity contribution in [3.63, 3.8) is 0 Å². The fraction of sp³-hybridized carbons (Fsp3) is 0.348. The predicted octanol–water partition coefficient (Wildman–Crippen LogP) is 2.09. The molecule has 2 N–H and O–H groups in total. The number of benzene rings is 2. The number of nitrogens with one attached hydrogen (secondary N) is 2. The van der Waals surface area contributed by atoms with Gasteiger partial charge in [0.2, 0.25) is 17.6 Å². The number of methoxy groups -OCH3 is 3. The second kappa shape index (κ2) is 10.0. The lowest BCUT2D eigenvalue weighted by Crippen LogP contribution is -2.45. The van der Waals surface area contributed by atoms with Gasteiger partial charge in [-0.15, -0.1) is 0 Å². The molecule has 1 heterocycles. The van der Waals surface area contributed by atoms with Crippen LogP contribution in [0.5, 0.6) is 17.2 Å². The van der Waals surface area contributed by atoms with Crippen molar-refractivity contribution in [1.82, 2.24) is 10.9 Å². The number of hydrogen-bond donors (Lipinski definition) is 2. The van der Waals surface area contributed by atoms with E-state index in [2.05, 4.69) is 10.9 Å². The number of amides is 3. The Balaban J connectivity index is 1.66. The topological polar surface area (TPSA) is 106 Å². The van der Waals surface area contributed by atoms with Crippen molar-refractivity contribution in [2.24, 2.45) is 5.92 Å². The zero-order valence-electron chi connectivity index (χ0n) is 18.6. The highest BCUT2D eigenvalue weighted by Gasteiger charge is 2.36. The molecular formula is C23H27N3O6. The molecule has 3 rings (SSSR count). The normalized spacial score (nSPS) is 15.3. The molecule has 1 aliphatic heterocycles. The molecule has 3 amide bonds. The molecule has 9 nitrogen and oxygen atoms in total. The van der Waals surface area contributed by atoms with E-state index in [1.165, 1.54) is 26.2 Å². The highest BCUT2D eigenvalue weighted by atomic mass is 16.5. The number of ether oxygens (including phenoxy) is 3. The molecule has 170 valence electrons. The number of nitrogens with zero attached hydrogens (tertiary/aromatic N) is 1. The summed E-state index contributed by atoms with van der Waals surface area (Å²) in [6, 6.07) is 10.4. The van der Waals surface area contributed by atoms with Crippen LogP contribution in [-0.4, -0.2) is 45.6 Å². The Hall–Kier alpha value is -3.75. The van der Waals surface area contributed by atoms with E-state index in [0.29, 0.717) is 28.5 Å². The van der Waals surface area contributed by atoms with Gasteiger partial charge >= 0.3 is 0 Å². The van der Waals surface area contributed by atoms with Gasteiger partial charge in [0.15, 0.2) is 11.5 Å². The first-order chi connectivity index (χ1) is 15.4. The fourth-order valence-electron chi connectivity index (χ4n) is 3.54. The highest BCUT2D eigenvalue weighted by molar-refractivity contribution is 6.01. The smallest absolute Gasteiger partial charge is 0.269 e. The molecule has 1 unspecified atom stereocenters. The lowest BCUT2D eigenvalue weighted by atomic mass is 10.1. The average Bonchev–Trinajstić information content (AvgIpc) is 3.22. The minimum Gasteiger partial charge on any atom is -0.493 e. The lowest BCUT2D eigenvalue weighted by molar-refractivity contribution is -0.126. The van der Waals surface area contributed by atoms with Gasteiger partial charge in [-0.25, -0.2) is 0 Å². The third-order valence-electron chi connectivity index (χ3n) is 5.38. The number of aryl methyl sites for hydroxylation is 1. The maximum atomic E-state index is 12.6. The zero-order valence-corrected chi connectivity index (χ0v) is 18.6. The van der Waals surface area contributed by atoms with Crippen molar-refractivity contribution in [2.75, 3.05) is 32.8 Å². The Morgan fingerprint density at radius 2 is 1.62 bits per heavy atom. The standard InChI is InChI=1S/C23H27N3O6/c1-5-14-6-8-15(9-7-14)22(28)24-25-23(29)16-10-20(27)26(13-16)17-11-18(30-2)21(32-4)19(12-17)31-3/h6-9,11-12,16H,5,10,13H2,1-4H3,(H,24,28)(H,25,29). The second-order valence-electron chi connectivity index (χ2n) is 7.28. The Kier molecular flexibility index (Phi) is 7.19. The molecule has 1 aliphatic rings. The van der Waals surface area contributed by atoms with Gasteiger partial charge in [0.25, 0.3) is 5.91 Å². The van der Waals surface area contributed by atoms with E-state index in [1.807, 2.05) is 19.1 Å². The first-order valence-electron chi connectivity index (χ1n) is 10.2. The minimum absolute atomic E-state index is 0.0174. The Labute approximate surface area is 186 Å². The molecule has 0 saturated carbocycles. The average molecular weight is 441 g/mol. The number of hydrazine groups is 1. The summed E-state index contributed by atoms with van der Waals surface area (Å²) < 4.78 is 16.0. The van der Waals surface area contributed by atoms with Crippen LogP contribution in [-0.2, 0) is 16.0 Å². The van der Waals surface area contributed by atoms with E-state index in [-0.39, 0.29) is 18.9 Å². The number of anilines is 1. The first kappa shape index (κ1) is 22.9. The molecule has 1 saturated heterocycles. The minimum atomic E-state index is -0.621. The van der Waals surface area contributed by atoms with Gasteiger partial charge in [0, 0.05) is 30.7 Å². The molecule has 1 fully saturated rings. The summed E-state index contributed by atoms with van der Waals surface area (Å²) in [7, 11) is 4.47. The van der Waals surface area contributed by atoms with Crippen LogP contribution < -0.4 is 30.0 Å². The summed E-state index contributed by atoms with van der Waals surface area (Å²) in [6.45, 7) is 2.18. The van der Waals surface area contributed by atoms with Gasteiger partial charge in [-0.05, 0) is 24.1 Å². The van der Waals surface area contributed by atoms with Crippen molar-refractivity contribution in [3.8, 4) is 17.2 Å². The van der Waals surface area contributed by atoms with E-state index < -0.39 is 17.7 Å². The van der Waals surface area contributed by atoms with Crippen LogP contribution in [0.25, 0.3) is 0 Å². The first-order valence-corrected chi connectivity index (χ1v) is 10.2. The Morgan fingerprint density at radius 3 is 2.16 bits per heavy atom. The molecule has 32 heavy (non-hydrogen) atoms. The van der Waals surface area contributed by atoms with Crippen LogP contribution in [0.15, 0.2) is 36.4 Å². The third-order valence-corrected chi connectivity index (χ3v) is 5.38. The summed E-state index contributed by atoms with van der Waals surface area (Å²) in [5, 5.41) is 0. The molecule has 0 spiro atoms. The van der Waals surface area contributed by atoms with E-state index in [1.54, 1.807) is 24.3 Å². The van der Waals surface area contributed by atoms with Crippen molar-refractivity contribution in [3.05, 3.63) is 47.5 Å². The SMILES string of the molecule is CCc1ccc(C(=O)NNC(=O)C2CC(=O)N(c3cc(OC)c(OC)c(OC)c3)C2)cc1. The summed E-state index contributed by atoms with van der Waals surface area (Å²) in [6.07, 6.45) is 0.889. The van der Waals surface area contributed by atoms with E-state index in [0.717, 1.165) is 12.0 Å². The zero-order chi connectivity index (χ0) is 23.3. The Bertz CT molecular complexity index is 980. The maximum absolute atomic E-state index is 12.6. The second-order valence-corrected chi connectivity index (χ2v) is 7.28. The number of carbonyl (C=O) groups is 3. The van der Waals surface area contributed by atoms with Gasteiger partial charge in [-0.2, -0.15) is 0 Å². The number of carbonyl (C=O) groups excluding carboxylic acids is 3. The van der Waals surface area contributed by atoms with Crippen LogP contribution in [0.3, 0.4) is 0 Å². The summed E-state index contributed by atoms with van der Waals surface area (Å²) in [5.41, 5.74) is 6.90. The maximum Gasteiger partial charge on any atom is 0.269 e. The molecule has 2 aromatic rings. The van der Waals surface area contributed by atoms with Crippen molar-refractivity contribution in [2.45, 2.75) is 19.8 Å². The van der Waals surface area contributed by atoms with Gasteiger partial charge < -0.3 is 19.1 Å². The van der Waals surface area contributed by atoms with Crippen LogP contribution in [0, 0.1) is 5.92 Å². The largest absolute Gasteiger partial charge is 0.493 e. The quantitative estimate of drug-likeness (QED) is 0.638. The molecule has 1 atom stereocenters. The molecule has 0 radical (unpaired) electrons. The number of rotatable bonds is 7. The molecule has 0 bridgehead atoms. The molecular weight excluding hydrogens is 414 g/mol. The molecule has 0 aliphatic carbocycles. The predicted molar refractivity (Wildman–Crippen MR) is 118 cm³/mol. The van der Waals surface area contributed by atoms with Crippen LogP contribution in [0.4, 0.5) is 5.69 Å². The van der Waals surface area contributed by atoms with E-state index >= 15 is 0 Å². The van der Waals surface area contributed by atoms with Crippen molar-refractivity contribution >= 4 is 23.4 Å². The lowest BCUT2D eigenvalue weighted by Gasteiger charge is -2.20. The van der Waals surface area contributed by atoms with Gasteiger partial charge in [-0.3, -0.25) is 25.2 Å².